The smallest absolute Gasteiger partial charge is 0.287 e. The monoisotopic (exact) mass is 373 g/mol. The molecule has 2 aromatic heterocycles. The first-order chi connectivity index (χ1) is 12.4. The molecule has 2 heterocycles. The number of halogens is 1. The number of aryl methyl sites for hydroxylation is 3. The third-order valence-electron chi connectivity index (χ3n) is 4.03. The summed E-state index contributed by atoms with van der Waals surface area (Å²) in [5, 5.41) is 7.31. The van der Waals surface area contributed by atoms with Gasteiger partial charge in [0.1, 0.15) is 18.1 Å². The van der Waals surface area contributed by atoms with Crippen LogP contribution in [0.3, 0.4) is 0 Å². The molecule has 1 N–H and O–H groups in total. The summed E-state index contributed by atoms with van der Waals surface area (Å²) in [7, 11) is 1.77. The Bertz CT molecular complexity index is 911. The van der Waals surface area contributed by atoms with Crippen LogP contribution in [-0.2, 0) is 20.2 Å². The van der Waals surface area contributed by atoms with Gasteiger partial charge < -0.3 is 14.5 Å². The van der Waals surface area contributed by atoms with Crippen molar-refractivity contribution < 1.29 is 13.9 Å². The fraction of sp³-hybridized carbons (Fsp3) is 0.263. The molecule has 0 aliphatic heterocycles. The van der Waals surface area contributed by atoms with E-state index in [-0.39, 0.29) is 24.8 Å². The molecule has 0 radical (unpaired) electrons. The Morgan fingerprint density at radius 3 is 2.85 bits per heavy atom. The summed E-state index contributed by atoms with van der Waals surface area (Å²) in [4.78, 5) is 12.2. The minimum Gasteiger partial charge on any atom is -0.485 e. The highest BCUT2D eigenvalue weighted by molar-refractivity contribution is 6.31. The number of carbonyl (C=O) groups excluding carboxylic acids is 1. The van der Waals surface area contributed by atoms with E-state index in [1.54, 1.807) is 30.1 Å². The maximum atomic E-state index is 12.2. The van der Waals surface area contributed by atoms with Crippen LogP contribution in [-0.4, -0.2) is 15.7 Å². The quantitative estimate of drug-likeness (QED) is 0.713. The van der Waals surface area contributed by atoms with Gasteiger partial charge in [0, 0.05) is 7.05 Å². The maximum absolute atomic E-state index is 12.2. The lowest BCUT2D eigenvalue weighted by Gasteiger charge is -2.08. The van der Waals surface area contributed by atoms with Gasteiger partial charge in [-0.2, -0.15) is 5.10 Å². The van der Waals surface area contributed by atoms with Crippen molar-refractivity contribution in [2.45, 2.75) is 27.0 Å². The number of benzene rings is 1. The number of hydrogen-bond acceptors (Lipinski definition) is 4. The SMILES string of the molecule is Cc1ccc(C)c(OCc2ccc(C(=O)NCc3c(Cl)cnn3C)o2)c1. The van der Waals surface area contributed by atoms with Crippen molar-refractivity contribution >= 4 is 17.5 Å². The van der Waals surface area contributed by atoms with Crippen LogP contribution < -0.4 is 10.1 Å². The second-order valence-corrected chi connectivity index (χ2v) is 6.48. The molecule has 0 spiro atoms. The highest BCUT2D eigenvalue weighted by Gasteiger charge is 2.14. The van der Waals surface area contributed by atoms with Crippen LogP contribution in [0, 0.1) is 13.8 Å². The lowest BCUT2D eigenvalue weighted by molar-refractivity contribution is 0.0918. The predicted octanol–water partition coefficient (Wildman–Crippen LogP) is 3.79. The molecule has 3 aromatic rings. The van der Waals surface area contributed by atoms with Gasteiger partial charge in [0.05, 0.1) is 23.5 Å². The van der Waals surface area contributed by atoms with E-state index in [9.17, 15) is 4.79 Å². The molecule has 1 aromatic carbocycles. The Morgan fingerprint density at radius 2 is 2.12 bits per heavy atom. The first-order valence-corrected chi connectivity index (χ1v) is 8.55. The number of rotatable bonds is 6. The summed E-state index contributed by atoms with van der Waals surface area (Å²) < 4.78 is 13.0. The third-order valence-corrected chi connectivity index (χ3v) is 4.34. The molecule has 26 heavy (non-hydrogen) atoms. The zero-order chi connectivity index (χ0) is 18.7. The van der Waals surface area contributed by atoms with Gasteiger partial charge in [-0.3, -0.25) is 9.48 Å². The van der Waals surface area contributed by atoms with Crippen molar-refractivity contribution in [2.75, 3.05) is 0 Å². The summed E-state index contributed by atoms with van der Waals surface area (Å²) in [6.07, 6.45) is 1.54. The van der Waals surface area contributed by atoms with Gasteiger partial charge >= 0.3 is 0 Å². The Kier molecular flexibility index (Phi) is 5.32. The highest BCUT2D eigenvalue weighted by Crippen LogP contribution is 2.21. The number of nitrogens with one attached hydrogen (secondary N) is 1. The molecule has 3 rings (SSSR count). The van der Waals surface area contributed by atoms with Crippen molar-refractivity contribution in [3.05, 3.63) is 69.9 Å². The number of aromatic nitrogens is 2. The van der Waals surface area contributed by atoms with Gasteiger partial charge in [0.25, 0.3) is 5.91 Å². The zero-order valence-corrected chi connectivity index (χ0v) is 15.6. The molecule has 0 unspecified atom stereocenters. The fourth-order valence-corrected chi connectivity index (χ4v) is 2.71. The summed E-state index contributed by atoms with van der Waals surface area (Å²) >= 11 is 6.03. The van der Waals surface area contributed by atoms with Gasteiger partial charge in [-0.25, -0.2) is 0 Å². The van der Waals surface area contributed by atoms with Crippen LogP contribution in [0.15, 0.2) is 40.9 Å². The van der Waals surface area contributed by atoms with E-state index in [1.165, 1.54) is 0 Å². The summed E-state index contributed by atoms with van der Waals surface area (Å²) in [6, 6.07) is 9.38. The maximum Gasteiger partial charge on any atom is 0.287 e. The van der Waals surface area contributed by atoms with E-state index in [2.05, 4.69) is 10.4 Å². The van der Waals surface area contributed by atoms with E-state index in [0.717, 1.165) is 22.6 Å². The van der Waals surface area contributed by atoms with Gasteiger partial charge in [0.15, 0.2) is 5.76 Å². The Morgan fingerprint density at radius 1 is 1.31 bits per heavy atom. The van der Waals surface area contributed by atoms with Crippen molar-refractivity contribution in [3.8, 4) is 5.75 Å². The van der Waals surface area contributed by atoms with Crippen LogP contribution in [0.5, 0.6) is 5.75 Å². The van der Waals surface area contributed by atoms with Crippen molar-refractivity contribution in [1.29, 1.82) is 0 Å². The van der Waals surface area contributed by atoms with Crippen molar-refractivity contribution in [3.63, 3.8) is 0 Å². The van der Waals surface area contributed by atoms with E-state index < -0.39 is 0 Å². The minimum absolute atomic E-state index is 0.225. The average Bonchev–Trinajstić information content (AvgIpc) is 3.21. The molecule has 0 fully saturated rings. The van der Waals surface area contributed by atoms with Gasteiger partial charge in [-0.1, -0.05) is 23.7 Å². The second-order valence-electron chi connectivity index (χ2n) is 6.07. The van der Waals surface area contributed by atoms with Gasteiger partial charge in [-0.05, 0) is 43.2 Å². The lowest BCUT2D eigenvalue weighted by Crippen LogP contribution is -2.23. The molecule has 0 atom stereocenters. The molecule has 0 aliphatic carbocycles. The third kappa shape index (κ3) is 4.08. The molecule has 6 nitrogen and oxygen atoms in total. The van der Waals surface area contributed by atoms with Crippen molar-refractivity contribution in [2.24, 2.45) is 7.05 Å². The van der Waals surface area contributed by atoms with E-state index in [1.807, 2.05) is 32.0 Å². The number of carbonyl (C=O) groups is 1. The summed E-state index contributed by atoms with van der Waals surface area (Å²) in [6.45, 7) is 4.52. The Labute approximate surface area is 156 Å². The Hall–Kier alpha value is -2.73. The zero-order valence-electron chi connectivity index (χ0n) is 14.9. The molecule has 0 aliphatic rings. The van der Waals surface area contributed by atoms with Crippen LogP contribution >= 0.6 is 11.6 Å². The number of nitrogens with zero attached hydrogens (tertiary/aromatic N) is 2. The van der Waals surface area contributed by atoms with Crippen LogP contribution in [0.2, 0.25) is 5.02 Å². The van der Waals surface area contributed by atoms with E-state index in [0.29, 0.717) is 10.8 Å². The number of hydrogen-bond donors (Lipinski definition) is 1. The molecule has 7 heteroatoms. The number of ether oxygens (including phenoxy) is 1. The highest BCUT2D eigenvalue weighted by atomic mass is 35.5. The molecular weight excluding hydrogens is 354 g/mol. The van der Waals surface area contributed by atoms with E-state index >= 15 is 0 Å². The normalized spacial score (nSPS) is 10.8. The Balaban J connectivity index is 1.58. The van der Waals surface area contributed by atoms with Crippen molar-refractivity contribution in [1.82, 2.24) is 15.1 Å². The lowest BCUT2D eigenvalue weighted by atomic mass is 10.1. The topological polar surface area (TPSA) is 69.3 Å². The molecule has 136 valence electrons. The first-order valence-electron chi connectivity index (χ1n) is 8.17. The molecule has 0 saturated heterocycles. The second kappa shape index (κ2) is 7.66. The molecule has 1 amide bonds. The standard InChI is InChI=1S/C19H20ClN3O3/c1-12-4-5-13(2)18(8-12)25-11-14-6-7-17(26-14)19(24)21-10-16-15(20)9-22-23(16)3/h4-9H,10-11H2,1-3H3,(H,21,24). The molecular formula is C19H20ClN3O3. The van der Waals surface area contributed by atoms with Crippen LogP contribution in [0.25, 0.3) is 0 Å². The minimum atomic E-state index is -0.319. The summed E-state index contributed by atoms with van der Waals surface area (Å²) in [5.41, 5.74) is 2.90. The fourth-order valence-electron chi connectivity index (χ4n) is 2.48. The van der Waals surface area contributed by atoms with Gasteiger partial charge in [0.2, 0.25) is 0 Å². The largest absolute Gasteiger partial charge is 0.485 e. The number of amides is 1. The summed E-state index contributed by atoms with van der Waals surface area (Å²) in [5.74, 6) is 1.29. The molecule has 0 saturated carbocycles. The first kappa shape index (κ1) is 18.1. The molecule has 0 bridgehead atoms. The van der Waals surface area contributed by atoms with Crippen LogP contribution in [0.1, 0.15) is 33.1 Å². The predicted molar refractivity (Wildman–Crippen MR) is 98.3 cm³/mol. The van der Waals surface area contributed by atoms with E-state index in [4.69, 9.17) is 20.8 Å². The van der Waals surface area contributed by atoms with Gasteiger partial charge in [-0.15, -0.1) is 0 Å². The van der Waals surface area contributed by atoms with Crippen LogP contribution in [0.4, 0.5) is 0 Å². The number of furan rings is 1. The average molecular weight is 374 g/mol.